The van der Waals surface area contributed by atoms with Crippen LogP contribution < -0.4 is 5.32 Å². The minimum Gasteiger partial charge on any atom is -0.325 e. The molecule has 0 fully saturated rings. The molecule has 5 heteroatoms. The number of benzene rings is 2. The zero-order chi connectivity index (χ0) is 15.4. The Morgan fingerprint density at radius 3 is 2.38 bits per heavy atom. The number of carbonyl (C=O) groups excluding carboxylic acids is 1. The fourth-order valence-electron chi connectivity index (χ4n) is 1.77. The van der Waals surface area contributed by atoms with Gasteiger partial charge >= 0.3 is 0 Å². The first-order valence-corrected chi connectivity index (χ1v) is 8.15. The summed E-state index contributed by atoms with van der Waals surface area (Å²) in [5.41, 5.74) is 3.15. The molecule has 0 aliphatic rings. The summed E-state index contributed by atoms with van der Waals surface area (Å²) < 4.78 is 0. The van der Waals surface area contributed by atoms with Crippen LogP contribution >= 0.6 is 35.0 Å². The Labute approximate surface area is 138 Å². The van der Waals surface area contributed by atoms with E-state index in [4.69, 9.17) is 23.2 Å². The molecule has 1 amide bonds. The van der Waals surface area contributed by atoms with E-state index < -0.39 is 0 Å². The van der Waals surface area contributed by atoms with Crippen molar-refractivity contribution in [2.75, 3.05) is 11.1 Å². The first-order chi connectivity index (χ1) is 9.97. The fraction of sp³-hybridized carbons (Fsp3) is 0.188. The van der Waals surface area contributed by atoms with Crippen molar-refractivity contribution in [3.8, 4) is 0 Å². The lowest BCUT2D eigenvalue weighted by Gasteiger charge is -2.09. The maximum atomic E-state index is 12.0. The minimum atomic E-state index is -0.0840. The van der Waals surface area contributed by atoms with Gasteiger partial charge < -0.3 is 5.32 Å². The first kappa shape index (κ1) is 16.2. The Morgan fingerprint density at radius 2 is 1.76 bits per heavy atom. The molecule has 0 radical (unpaired) electrons. The van der Waals surface area contributed by atoms with Crippen molar-refractivity contribution in [1.82, 2.24) is 0 Å². The SMILES string of the molecule is Cc1ccc(NC(=O)CSc2c(Cl)cccc2Cl)cc1C. The molecule has 1 N–H and O–H groups in total. The van der Waals surface area contributed by atoms with Crippen LogP contribution in [-0.2, 0) is 4.79 Å². The summed E-state index contributed by atoms with van der Waals surface area (Å²) in [6, 6.07) is 11.1. The highest BCUT2D eigenvalue weighted by Gasteiger charge is 2.09. The Balaban J connectivity index is 1.97. The molecule has 21 heavy (non-hydrogen) atoms. The van der Waals surface area contributed by atoms with Crippen LogP contribution in [0.25, 0.3) is 0 Å². The summed E-state index contributed by atoms with van der Waals surface area (Å²) in [5, 5.41) is 4.00. The maximum absolute atomic E-state index is 12.0. The Hall–Kier alpha value is -1.16. The number of nitrogens with one attached hydrogen (secondary N) is 1. The van der Waals surface area contributed by atoms with Crippen LogP contribution in [0.1, 0.15) is 11.1 Å². The highest BCUT2D eigenvalue weighted by atomic mass is 35.5. The smallest absolute Gasteiger partial charge is 0.234 e. The van der Waals surface area contributed by atoms with Gasteiger partial charge in [0.05, 0.1) is 15.8 Å². The van der Waals surface area contributed by atoms with Gasteiger partial charge in [0.1, 0.15) is 0 Å². The molecule has 0 aliphatic heterocycles. The molecule has 2 nitrogen and oxygen atoms in total. The van der Waals surface area contributed by atoms with Crippen LogP contribution in [-0.4, -0.2) is 11.7 Å². The van der Waals surface area contributed by atoms with Gasteiger partial charge in [-0.05, 0) is 49.2 Å². The van der Waals surface area contributed by atoms with Crippen molar-refractivity contribution in [2.45, 2.75) is 18.7 Å². The molecule has 0 unspecified atom stereocenters. The lowest BCUT2D eigenvalue weighted by molar-refractivity contribution is -0.113. The largest absolute Gasteiger partial charge is 0.325 e. The number of anilines is 1. The molecular formula is C16H15Cl2NOS. The zero-order valence-electron chi connectivity index (χ0n) is 11.7. The monoisotopic (exact) mass is 339 g/mol. The zero-order valence-corrected chi connectivity index (χ0v) is 14.1. The molecule has 0 heterocycles. The number of thioether (sulfide) groups is 1. The number of amides is 1. The van der Waals surface area contributed by atoms with E-state index in [9.17, 15) is 4.79 Å². The third kappa shape index (κ3) is 4.40. The van der Waals surface area contributed by atoms with Gasteiger partial charge in [-0.3, -0.25) is 4.79 Å². The summed E-state index contributed by atoms with van der Waals surface area (Å²) >= 11 is 13.5. The molecule has 0 aromatic heterocycles. The second-order valence-electron chi connectivity index (χ2n) is 4.69. The Kier molecular flexibility index (Phi) is 5.57. The molecule has 0 saturated carbocycles. The second kappa shape index (κ2) is 7.21. The second-order valence-corrected chi connectivity index (χ2v) is 6.49. The van der Waals surface area contributed by atoms with Gasteiger partial charge in [-0.2, -0.15) is 0 Å². The van der Waals surface area contributed by atoms with Crippen molar-refractivity contribution < 1.29 is 4.79 Å². The van der Waals surface area contributed by atoms with Crippen LogP contribution in [0.15, 0.2) is 41.3 Å². The third-order valence-electron chi connectivity index (χ3n) is 3.06. The van der Waals surface area contributed by atoms with E-state index in [0.29, 0.717) is 10.0 Å². The normalized spacial score (nSPS) is 10.5. The number of halogens is 2. The maximum Gasteiger partial charge on any atom is 0.234 e. The summed E-state index contributed by atoms with van der Waals surface area (Å²) in [5.74, 6) is 0.176. The number of hydrogen-bond acceptors (Lipinski definition) is 2. The lowest BCUT2D eigenvalue weighted by atomic mass is 10.1. The number of carbonyl (C=O) groups is 1. The van der Waals surface area contributed by atoms with Crippen LogP contribution in [0.4, 0.5) is 5.69 Å². The van der Waals surface area contributed by atoms with E-state index in [1.54, 1.807) is 18.2 Å². The van der Waals surface area contributed by atoms with Crippen molar-refractivity contribution >= 4 is 46.6 Å². The summed E-state index contributed by atoms with van der Waals surface area (Å²) in [6.45, 7) is 4.06. The van der Waals surface area contributed by atoms with Gasteiger partial charge in [0.15, 0.2) is 0 Å². The van der Waals surface area contributed by atoms with Gasteiger partial charge in [-0.15, -0.1) is 11.8 Å². The molecule has 0 saturated heterocycles. The highest BCUT2D eigenvalue weighted by molar-refractivity contribution is 8.00. The van der Waals surface area contributed by atoms with Crippen LogP contribution in [0.3, 0.4) is 0 Å². The average molecular weight is 340 g/mol. The molecular weight excluding hydrogens is 325 g/mol. The quantitative estimate of drug-likeness (QED) is 0.761. The molecule has 2 aromatic rings. The molecule has 0 bridgehead atoms. The Bertz CT molecular complexity index is 653. The van der Waals surface area contributed by atoms with E-state index in [-0.39, 0.29) is 11.7 Å². The molecule has 0 aliphatic carbocycles. The topological polar surface area (TPSA) is 29.1 Å². The van der Waals surface area contributed by atoms with E-state index in [1.165, 1.54) is 17.3 Å². The van der Waals surface area contributed by atoms with Crippen molar-refractivity contribution in [3.05, 3.63) is 57.6 Å². The molecule has 2 aromatic carbocycles. The summed E-state index contributed by atoms with van der Waals surface area (Å²) in [4.78, 5) is 12.7. The molecule has 110 valence electrons. The van der Waals surface area contributed by atoms with Crippen molar-refractivity contribution in [1.29, 1.82) is 0 Å². The van der Waals surface area contributed by atoms with Crippen LogP contribution in [0.5, 0.6) is 0 Å². The van der Waals surface area contributed by atoms with Gasteiger partial charge in [0.2, 0.25) is 5.91 Å². The minimum absolute atomic E-state index is 0.0840. The Morgan fingerprint density at radius 1 is 1.10 bits per heavy atom. The molecule has 2 rings (SSSR count). The standard InChI is InChI=1S/C16H15Cl2NOS/c1-10-6-7-12(8-11(10)2)19-15(20)9-21-16-13(17)4-3-5-14(16)18/h3-8H,9H2,1-2H3,(H,19,20). The van der Waals surface area contributed by atoms with Crippen molar-refractivity contribution in [2.24, 2.45) is 0 Å². The van der Waals surface area contributed by atoms with E-state index >= 15 is 0 Å². The molecule has 0 spiro atoms. The molecule has 0 atom stereocenters. The number of rotatable bonds is 4. The van der Waals surface area contributed by atoms with Gasteiger partial charge in [-0.1, -0.05) is 35.3 Å². The average Bonchev–Trinajstić information content (AvgIpc) is 2.42. The number of aryl methyl sites for hydroxylation is 2. The van der Waals surface area contributed by atoms with Crippen LogP contribution in [0.2, 0.25) is 10.0 Å². The van der Waals surface area contributed by atoms with Crippen molar-refractivity contribution in [3.63, 3.8) is 0 Å². The highest BCUT2D eigenvalue weighted by Crippen LogP contribution is 2.33. The van der Waals surface area contributed by atoms with E-state index in [0.717, 1.165) is 16.1 Å². The number of hydrogen-bond donors (Lipinski definition) is 1. The van der Waals surface area contributed by atoms with Gasteiger partial charge in [0, 0.05) is 10.6 Å². The van der Waals surface area contributed by atoms with Gasteiger partial charge in [-0.25, -0.2) is 0 Å². The predicted octanol–water partition coefficient (Wildman–Crippen LogP) is 5.34. The summed E-state index contributed by atoms with van der Waals surface area (Å²) in [7, 11) is 0. The lowest BCUT2D eigenvalue weighted by Crippen LogP contribution is -2.14. The predicted molar refractivity (Wildman–Crippen MR) is 91.7 cm³/mol. The fourth-order valence-corrected chi connectivity index (χ4v) is 3.26. The first-order valence-electron chi connectivity index (χ1n) is 6.41. The van der Waals surface area contributed by atoms with E-state index in [1.807, 2.05) is 32.0 Å². The third-order valence-corrected chi connectivity index (χ3v) is 5.05. The summed E-state index contributed by atoms with van der Waals surface area (Å²) in [6.07, 6.45) is 0. The van der Waals surface area contributed by atoms with Crippen LogP contribution in [0, 0.1) is 13.8 Å². The van der Waals surface area contributed by atoms with Gasteiger partial charge in [0.25, 0.3) is 0 Å². The van der Waals surface area contributed by atoms with E-state index in [2.05, 4.69) is 5.32 Å².